The lowest BCUT2D eigenvalue weighted by atomic mass is 10.1. The van der Waals surface area contributed by atoms with E-state index in [-0.39, 0.29) is 6.03 Å². The van der Waals surface area contributed by atoms with Gasteiger partial charge in [-0.15, -0.1) is 0 Å². The summed E-state index contributed by atoms with van der Waals surface area (Å²) in [5, 5.41) is 8.07. The van der Waals surface area contributed by atoms with E-state index in [4.69, 9.17) is 0 Å². The average molecular weight is 265 g/mol. The van der Waals surface area contributed by atoms with Crippen molar-refractivity contribution in [1.82, 2.24) is 9.78 Å². The molecule has 0 aliphatic heterocycles. The van der Waals surface area contributed by atoms with Gasteiger partial charge >= 0.3 is 6.03 Å². The van der Waals surface area contributed by atoms with Gasteiger partial charge in [0.05, 0.1) is 11.7 Å². The second-order valence-corrected chi connectivity index (χ2v) is 4.81. The number of carbonyl (C=O) groups excluding carboxylic acids is 1. The summed E-state index contributed by atoms with van der Waals surface area (Å²) in [6, 6.07) is 13.3. The molecule has 1 N–H and O–H groups in total. The van der Waals surface area contributed by atoms with Crippen molar-refractivity contribution in [3.05, 3.63) is 59.8 Å². The Kier molecular flexibility index (Phi) is 2.99. The van der Waals surface area contributed by atoms with Crippen molar-refractivity contribution in [2.45, 2.75) is 13.8 Å². The Hall–Kier alpha value is -2.62. The van der Waals surface area contributed by atoms with Crippen LogP contribution in [0, 0.1) is 13.8 Å². The fourth-order valence-corrected chi connectivity index (χ4v) is 2.24. The Labute approximate surface area is 117 Å². The van der Waals surface area contributed by atoms with E-state index in [1.807, 2.05) is 56.3 Å². The van der Waals surface area contributed by atoms with Crippen molar-refractivity contribution in [3.8, 4) is 0 Å². The lowest BCUT2D eigenvalue weighted by Crippen LogP contribution is -2.20. The van der Waals surface area contributed by atoms with Gasteiger partial charge in [-0.2, -0.15) is 9.78 Å². The smallest absolute Gasteiger partial charge is 0.306 e. The lowest BCUT2D eigenvalue weighted by molar-refractivity contribution is 0.252. The van der Waals surface area contributed by atoms with Gasteiger partial charge in [0.25, 0.3) is 0 Å². The molecule has 2 aromatic carbocycles. The zero-order valence-corrected chi connectivity index (χ0v) is 11.4. The zero-order valence-electron chi connectivity index (χ0n) is 11.4. The summed E-state index contributed by atoms with van der Waals surface area (Å²) < 4.78 is 1.40. The Morgan fingerprint density at radius 1 is 1.05 bits per heavy atom. The lowest BCUT2D eigenvalue weighted by Gasteiger charge is -2.08. The molecule has 0 unspecified atom stereocenters. The highest BCUT2D eigenvalue weighted by atomic mass is 16.2. The van der Waals surface area contributed by atoms with Crippen LogP contribution in [0.25, 0.3) is 10.9 Å². The summed E-state index contributed by atoms with van der Waals surface area (Å²) in [5.41, 5.74) is 3.75. The van der Waals surface area contributed by atoms with E-state index in [0.29, 0.717) is 0 Å². The highest BCUT2D eigenvalue weighted by Gasteiger charge is 2.12. The third kappa shape index (κ3) is 2.05. The quantitative estimate of drug-likeness (QED) is 0.728. The van der Waals surface area contributed by atoms with Crippen molar-refractivity contribution in [3.63, 3.8) is 0 Å². The number of para-hydroxylation sites is 1. The molecule has 3 aromatic rings. The van der Waals surface area contributed by atoms with Gasteiger partial charge in [-0.3, -0.25) is 0 Å². The Bertz CT molecular complexity index is 789. The van der Waals surface area contributed by atoms with E-state index in [2.05, 4.69) is 10.4 Å². The van der Waals surface area contributed by atoms with Crippen LogP contribution < -0.4 is 5.32 Å². The SMILES string of the molecule is Cc1ccccc1NC(=O)n1ncc2c(C)cccc21. The largest absolute Gasteiger partial charge is 0.347 e. The Morgan fingerprint density at radius 2 is 1.80 bits per heavy atom. The van der Waals surface area contributed by atoms with E-state index in [9.17, 15) is 4.79 Å². The molecule has 0 fully saturated rings. The molecule has 100 valence electrons. The first-order chi connectivity index (χ1) is 9.66. The normalized spacial score (nSPS) is 10.7. The number of rotatable bonds is 1. The number of benzene rings is 2. The monoisotopic (exact) mass is 265 g/mol. The molecule has 1 amide bonds. The van der Waals surface area contributed by atoms with Crippen molar-refractivity contribution < 1.29 is 4.79 Å². The topological polar surface area (TPSA) is 46.9 Å². The van der Waals surface area contributed by atoms with Crippen molar-refractivity contribution in [2.75, 3.05) is 5.32 Å². The molecule has 1 heterocycles. The van der Waals surface area contributed by atoms with Gasteiger partial charge in [-0.05, 0) is 37.1 Å². The third-order valence-corrected chi connectivity index (χ3v) is 3.41. The number of aryl methyl sites for hydroxylation is 2. The Morgan fingerprint density at radius 3 is 2.60 bits per heavy atom. The highest BCUT2D eigenvalue weighted by Crippen LogP contribution is 2.19. The van der Waals surface area contributed by atoms with Gasteiger partial charge in [0.1, 0.15) is 0 Å². The van der Waals surface area contributed by atoms with Crippen LogP contribution in [0.4, 0.5) is 10.5 Å². The molecule has 4 nitrogen and oxygen atoms in total. The zero-order chi connectivity index (χ0) is 14.1. The van der Waals surface area contributed by atoms with E-state index in [1.54, 1.807) is 6.20 Å². The molecule has 1 aromatic heterocycles. The van der Waals surface area contributed by atoms with E-state index in [0.717, 1.165) is 27.7 Å². The molecular weight excluding hydrogens is 250 g/mol. The van der Waals surface area contributed by atoms with Gasteiger partial charge < -0.3 is 5.32 Å². The fourth-order valence-electron chi connectivity index (χ4n) is 2.24. The van der Waals surface area contributed by atoms with Gasteiger partial charge in [-0.1, -0.05) is 30.3 Å². The van der Waals surface area contributed by atoms with Crippen LogP contribution in [0.3, 0.4) is 0 Å². The molecule has 0 radical (unpaired) electrons. The third-order valence-electron chi connectivity index (χ3n) is 3.41. The molecule has 0 saturated heterocycles. The van der Waals surface area contributed by atoms with Gasteiger partial charge in [0, 0.05) is 11.1 Å². The molecule has 0 bridgehead atoms. The van der Waals surface area contributed by atoms with E-state index < -0.39 is 0 Å². The van der Waals surface area contributed by atoms with Gasteiger partial charge in [0.15, 0.2) is 0 Å². The van der Waals surface area contributed by atoms with Crippen LogP contribution in [0.15, 0.2) is 48.7 Å². The van der Waals surface area contributed by atoms with Crippen LogP contribution in [-0.4, -0.2) is 15.8 Å². The Balaban J connectivity index is 1.98. The standard InChI is InChI=1S/C16H15N3O/c1-11-7-5-9-15-13(11)10-17-19(15)16(20)18-14-8-4-3-6-12(14)2/h3-10H,1-2H3,(H,18,20). The maximum atomic E-state index is 12.3. The second-order valence-electron chi connectivity index (χ2n) is 4.81. The predicted molar refractivity (Wildman–Crippen MR) is 80.1 cm³/mol. The first kappa shape index (κ1) is 12.4. The highest BCUT2D eigenvalue weighted by molar-refractivity contribution is 5.98. The van der Waals surface area contributed by atoms with Crippen LogP contribution >= 0.6 is 0 Å². The molecule has 0 saturated carbocycles. The summed E-state index contributed by atoms with van der Waals surface area (Å²) >= 11 is 0. The molecule has 0 aliphatic rings. The van der Waals surface area contributed by atoms with Crippen LogP contribution in [0.2, 0.25) is 0 Å². The first-order valence-corrected chi connectivity index (χ1v) is 6.47. The maximum Gasteiger partial charge on any atom is 0.347 e. The van der Waals surface area contributed by atoms with Gasteiger partial charge in [0.2, 0.25) is 0 Å². The van der Waals surface area contributed by atoms with Crippen LogP contribution in [0.5, 0.6) is 0 Å². The molecule has 0 aliphatic carbocycles. The predicted octanol–water partition coefficient (Wildman–Crippen LogP) is 3.73. The molecule has 20 heavy (non-hydrogen) atoms. The number of carbonyl (C=O) groups is 1. The van der Waals surface area contributed by atoms with Crippen LogP contribution in [-0.2, 0) is 0 Å². The first-order valence-electron chi connectivity index (χ1n) is 6.47. The average Bonchev–Trinajstić information content (AvgIpc) is 2.87. The summed E-state index contributed by atoms with van der Waals surface area (Å²) in [5.74, 6) is 0. The van der Waals surface area contributed by atoms with Crippen molar-refractivity contribution in [2.24, 2.45) is 0 Å². The van der Waals surface area contributed by atoms with E-state index in [1.165, 1.54) is 4.68 Å². The molecular formula is C16H15N3O. The maximum absolute atomic E-state index is 12.3. The summed E-state index contributed by atoms with van der Waals surface area (Å²) in [6.45, 7) is 3.97. The summed E-state index contributed by atoms with van der Waals surface area (Å²) in [6.07, 6.45) is 1.72. The molecule has 0 atom stereocenters. The number of fused-ring (bicyclic) bond motifs is 1. The minimum atomic E-state index is -0.250. The molecule has 0 spiro atoms. The van der Waals surface area contributed by atoms with Gasteiger partial charge in [-0.25, -0.2) is 4.79 Å². The molecule has 4 heteroatoms. The number of nitrogens with one attached hydrogen (secondary N) is 1. The number of hydrogen-bond donors (Lipinski definition) is 1. The number of amides is 1. The summed E-state index contributed by atoms with van der Waals surface area (Å²) in [4.78, 5) is 12.3. The number of aromatic nitrogens is 2. The minimum absolute atomic E-state index is 0.250. The number of hydrogen-bond acceptors (Lipinski definition) is 2. The van der Waals surface area contributed by atoms with Crippen LogP contribution in [0.1, 0.15) is 11.1 Å². The minimum Gasteiger partial charge on any atom is -0.306 e. The van der Waals surface area contributed by atoms with Crippen molar-refractivity contribution >= 4 is 22.6 Å². The second kappa shape index (κ2) is 4.81. The summed E-state index contributed by atoms with van der Waals surface area (Å²) in [7, 11) is 0. The number of anilines is 1. The number of nitrogens with zero attached hydrogens (tertiary/aromatic N) is 2. The van der Waals surface area contributed by atoms with E-state index >= 15 is 0 Å². The van der Waals surface area contributed by atoms with Crippen molar-refractivity contribution in [1.29, 1.82) is 0 Å². The molecule has 3 rings (SSSR count). The fraction of sp³-hybridized carbons (Fsp3) is 0.125.